The van der Waals surface area contributed by atoms with Gasteiger partial charge in [-0.15, -0.1) is 0 Å². The van der Waals surface area contributed by atoms with Crippen molar-refractivity contribution in [3.8, 4) is 5.75 Å². The van der Waals surface area contributed by atoms with Crippen LogP contribution in [0.25, 0.3) is 0 Å². The van der Waals surface area contributed by atoms with Crippen LogP contribution < -0.4 is 10.7 Å². The molecule has 5 nitrogen and oxygen atoms in total. The monoisotopic (exact) mass is 316 g/mol. The quantitative estimate of drug-likeness (QED) is 0.580. The van der Waals surface area contributed by atoms with Crippen molar-refractivity contribution in [1.29, 1.82) is 0 Å². The Labute approximate surface area is 138 Å². The molecule has 3 N–H and O–H groups in total. The van der Waals surface area contributed by atoms with Gasteiger partial charge in [-0.25, -0.2) is 10.4 Å². The molecule has 0 atom stereocenters. The van der Waals surface area contributed by atoms with Crippen LogP contribution in [0.5, 0.6) is 5.75 Å². The van der Waals surface area contributed by atoms with Gasteiger partial charge < -0.3 is 10.4 Å². The molecule has 0 amide bonds. The summed E-state index contributed by atoms with van der Waals surface area (Å²) < 4.78 is 0. The van der Waals surface area contributed by atoms with Gasteiger partial charge in [0.05, 0.1) is 12.8 Å². The number of aliphatic imine (C=N–C) groups is 1. The molecule has 0 unspecified atom stereocenters. The van der Waals surface area contributed by atoms with E-state index in [1.54, 1.807) is 6.21 Å². The number of benzene rings is 1. The van der Waals surface area contributed by atoms with Crippen molar-refractivity contribution in [1.82, 2.24) is 10.7 Å². The Hall–Kier alpha value is -2.04. The number of nitrogens with zero attached hydrogens (tertiary/aromatic N) is 2. The molecule has 1 aromatic rings. The molecule has 1 aliphatic heterocycles. The summed E-state index contributed by atoms with van der Waals surface area (Å²) in [4.78, 5) is 4.22. The molecule has 0 radical (unpaired) electrons. The van der Waals surface area contributed by atoms with E-state index in [1.807, 2.05) is 6.07 Å². The Morgan fingerprint density at radius 3 is 2.39 bits per heavy atom. The Morgan fingerprint density at radius 1 is 1.17 bits per heavy atom. The summed E-state index contributed by atoms with van der Waals surface area (Å²) in [6, 6.07) is 4.10. The van der Waals surface area contributed by atoms with Crippen LogP contribution in [0.3, 0.4) is 0 Å². The molecular formula is C18H28N4O. The number of nitrogens with one attached hydrogen (secondary N) is 2. The summed E-state index contributed by atoms with van der Waals surface area (Å²) in [6.07, 6.45) is 1.66. The summed E-state index contributed by atoms with van der Waals surface area (Å²) in [7, 11) is 0. The first-order valence-electron chi connectivity index (χ1n) is 8.04. The fourth-order valence-electron chi connectivity index (χ4n) is 2.40. The maximum absolute atomic E-state index is 10.6. The molecule has 0 bridgehead atoms. The number of hydrazone groups is 1. The number of phenols is 1. The molecule has 0 aliphatic carbocycles. The highest BCUT2D eigenvalue weighted by Gasteiger charge is 2.24. The highest BCUT2D eigenvalue weighted by atomic mass is 16.3. The van der Waals surface area contributed by atoms with Crippen LogP contribution in [0.1, 0.15) is 58.2 Å². The number of hydrogen-bond acceptors (Lipinski definition) is 5. The topological polar surface area (TPSA) is 69.0 Å². The van der Waals surface area contributed by atoms with Crippen LogP contribution in [0.2, 0.25) is 0 Å². The fraction of sp³-hybridized carbons (Fsp3) is 0.556. The lowest BCUT2D eigenvalue weighted by atomic mass is 9.79. The van der Waals surface area contributed by atoms with Gasteiger partial charge in [0.25, 0.3) is 0 Å². The van der Waals surface area contributed by atoms with Gasteiger partial charge in [0.2, 0.25) is 5.96 Å². The number of guanidine groups is 1. The molecule has 0 fully saturated rings. The molecule has 23 heavy (non-hydrogen) atoms. The average Bonchev–Trinajstić information content (AvgIpc) is 2.91. The maximum Gasteiger partial charge on any atom is 0.212 e. The summed E-state index contributed by atoms with van der Waals surface area (Å²) in [6.45, 7) is 14.4. The number of rotatable bonds is 2. The highest BCUT2D eigenvalue weighted by molar-refractivity contribution is 5.87. The lowest BCUT2D eigenvalue weighted by Gasteiger charge is -2.26. The first kappa shape index (κ1) is 17.3. The Kier molecular flexibility index (Phi) is 4.68. The first-order chi connectivity index (χ1) is 10.6. The second kappa shape index (κ2) is 6.22. The molecule has 1 aromatic carbocycles. The van der Waals surface area contributed by atoms with Crippen molar-refractivity contribution in [2.24, 2.45) is 10.1 Å². The van der Waals surface area contributed by atoms with Gasteiger partial charge in [0, 0.05) is 17.7 Å². The van der Waals surface area contributed by atoms with E-state index < -0.39 is 0 Å². The molecule has 0 aromatic heterocycles. The van der Waals surface area contributed by atoms with E-state index in [2.05, 4.69) is 68.4 Å². The van der Waals surface area contributed by atoms with Crippen molar-refractivity contribution < 1.29 is 5.11 Å². The highest BCUT2D eigenvalue weighted by Crippen LogP contribution is 2.36. The standard InChI is InChI=1S/C18H28N4O/c1-17(2,3)13-9-12(11-21-22-16-19-7-8-20-16)15(23)14(10-13)18(4,5)6/h9-11,23H,7-8H2,1-6H3,(H2,19,20,22). The van der Waals surface area contributed by atoms with Crippen LogP contribution in [-0.2, 0) is 10.8 Å². The van der Waals surface area contributed by atoms with Gasteiger partial charge in [-0.3, -0.25) is 0 Å². The van der Waals surface area contributed by atoms with Crippen LogP contribution in [-0.4, -0.2) is 30.4 Å². The van der Waals surface area contributed by atoms with Crippen LogP contribution in [0, 0.1) is 0 Å². The lowest BCUT2D eigenvalue weighted by molar-refractivity contribution is 0.444. The van der Waals surface area contributed by atoms with Crippen molar-refractivity contribution in [2.75, 3.05) is 13.1 Å². The van der Waals surface area contributed by atoms with Gasteiger partial charge in [-0.2, -0.15) is 5.10 Å². The molecule has 2 rings (SSSR count). The third-order valence-electron chi connectivity index (χ3n) is 3.86. The molecule has 126 valence electrons. The summed E-state index contributed by atoms with van der Waals surface area (Å²) in [5.41, 5.74) is 5.56. The number of phenolic OH excluding ortho intramolecular Hbond substituents is 1. The third-order valence-corrected chi connectivity index (χ3v) is 3.86. The zero-order valence-electron chi connectivity index (χ0n) is 15.0. The largest absolute Gasteiger partial charge is 0.507 e. The molecule has 1 aliphatic rings. The Morgan fingerprint density at radius 2 is 1.87 bits per heavy atom. The van der Waals surface area contributed by atoms with Crippen molar-refractivity contribution in [3.05, 3.63) is 28.8 Å². The second-order valence-electron chi connectivity index (χ2n) is 7.99. The zero-order chi connectivity index (χ0) is 17.3. The van der Waals surface area contributed by atoms with Crippen molar-refractivity contribution in [3.63, 3.8) is 0 Å². The summed E-state index contributed by atoms with van der Waals surface area (Å²) in [5.74, 6) is 0.959. The van der Waals surface area contributed by atoms with E-state index >= 15 is 0 Å². The normalized spacial score (nSPS) is 15.7. The van der Waals surface area contributed by atoms with E-state index in [-0.39, 0.29) is 16.6 Å². The van der Waals surface area contributed by atoms with Gasteiger partial charge in [0.15, 0.2) is 0 Å². The SMILES string of the molecule is CC(C)(C)c1cc(C=NNC2=NCCN2)c(O)c(C(C)(C)C)c1. The van der Waals surface area contributed by atoms with E-state index in [0.29, 0.717) is 11.5 Å². The van der Waals surface area contributed by atoms with Crippen LogP contribution in [0.4, 0.5) is 0 Å². The van der Waals surface area contributed by atoms with E-state index in [4.69, 9.17) is 0 Å². The van der Waals surface area contributed by atoms with Gasteiger partial charge >= 0.3 is 0 Å². The summed E-state index contributed by atoms with van der Waals surface area (Å²) >= 11 is 0. The Balaban J connectivity index is 2.38. The van der Waals surface area contributed by atoms with E-state index in [9.17, 15) is 5.11 Å². The molecule has 0 saturated heterocycles. The number of aromatic hydroxyl groups is 1. The molecule has 5 heteroatoms. The van der Waals surface area contributed by atoms with Crippen LogP contribution in [0.15, 0.2) is 22.2 Å². The smallest absolute Gasteiger partial charge is 0.212 e. The Bertz CT molecular complexity index is 634. The van der Waals surface area contributed by atoms with Gasteiger partial charge in [-0.1, -0.05) is 47.6 Å². The average molecular weight is 316 g/mol. The molecule has 1 heterocycles. The fourth-order valence-corrected chi connectivity index (χ4v) is 2.40. The van der Waals surface area contributed by atoms with E-state index in [1.165, 1.54) is 5.56 Å². The van der Waals surface area contributed by atoms with Gasteiger partial charge in [0.1, 0.15) is 5.75 Å². The third kappa shape index (κ3) is 4.24. The summed E-state index contributed by atoms with van der Waals surface area (Å²) in [5, 5.41) is 17.9. The lowest BCUT2D eigenvalue weighted by Crippen LogP contribution is -2.30. The van der Waals surface area contributed by atoms with Crippen molar-refractivity contribution >= 4 is 12.2 Å². The predicted molar refractivity (Wildman–Crippen MR) is 96.5 cm³/mol. The molecular weight excluding hydrogens is 288 g/mol. The van der Waals surface area contributed by atoms with Crippen molar-refractivity contribution in [2.45, 2.75) is 52.4 Å². The second-order valence-corrected chi connectivity index (χ2v) is 7.99. The molecule has 0 saturated carbocycles. The molecule has 0 spiro atoms. The predicted octanol–water partition coefficient (Wildman–Crippen LogP) is 2.87. The maximum atomic E-state index is 10.6. The minimum absolute atomic E-state index is 0.000803. The minimum atomic E-state index is -0.140. The minimum Gasteiger partial charge on any atom is -0.507 e. The van der Waals surface area contributed by atoms with Crippen LogP contribution >= 0.6 is 0 Å². The first-order valence-corrected chi connectivity index (χ1v) is 8.04. The van der Waals surface area contributed by atoms with Gasteiger partial charge in [-0.05, 0) is 22.5 Å². The van der Waals surface area contributed by atoms with E-state index in [0.717, 1.165) is 18.7 Å². The zero-order valence-corrected chi connectivity index (χ0v) is 15.0. The number of hydrogen-bond donors (Lipinski definition) is 3.